The lowest BCUT2D eigenvalue weighted by Gasteiger charge is -2.21. The maximum atomic E-state index is 11.9. The molecule has 0 saturated carbocycles. The zero-order chi connectivity index (χ0) is 12.9. The first-order valence-corrected chi connectivity index (χ1v) is 5.19. The number of carbonyl (C=O) groups excluding carboxylic acids is 1. The van der Waals surface area contributed by atoms with E-state index >= 15 is 0 Å². The summed E-state index contributed by atoms with van der Waals surface area (Å²) in [6, 6.07) is -0.305. The normalized spacial score (nSPS) is 14.0. The summed E-state index contributed by atoms with van der Waals surface area (Å²) in [6.45, 7) is 3.43. The van der Waals surface area contributed by atoms with Gasteiger partial charge in [-0.1, -0.05) is 13.8 Å². The first kappa shape index (κ1) is 15.2. The molecule has 0 aliphatic carbocycles. The van der Waals surface area contributed by atoms with Gasteiger partial charge < -0.3 is 10.6 Å². The molecule has 0 fully saturated rings. The molecule has 0 rings (SSSR count). The predicted molar refractivity (Wildman–Crippen MR) is 55.7 cm³/mol. The smallest absolute Gasteiger partial charge is 0.345 e. The third kappa shape index (κ3) is 6.66. The standard InChI is InChI=1S/C10H19F3N2O/c1-7(2)8(14)6-9(16)15(3)5-4-10(11,12)13/h7-8H,4-6,14H2,1-3H3. The van der Waals surface area contributed by atoms with Gasteiger partial charge >= 0.3 is 6.18 Å². The summed E-state index contributed by atoms with van der Waals surface area (Å²) in [6.07, 6.45) is -5.12. The van der Waals surface area contributed by atoms with E-state index in [1.165, 1.54) is 7.05 Å². The molecule has 0 aromatic heterocycles. The Morgan fingerprint density at radius 2 is 1.88 bits per heavy atom. The van der Waals surface area contributed by atoms with Crippen molar-refractivity contribution in [1.82, 2.24) is 4.90 Å². The highest BCUT2D eigenvalue weighted by atomic mass is 19.4. The second kappa shape index (κ2) is 6.08. The molecule has 0 spiro atoms. The second-order valence-corrected chi connectivity index (χ2v) is 4.29. The Kier molecular flexibility index (Phi) is 5.78. The largest absolute Gasteiger partial charge is 0.390 e. The number of hydrogen-bond acceptors (Lipinski definition) is 2. The van der Waals surface area contributed by atoms with Gasteiger partial charge in [0.2, 0.25) is 5.91 Å². The van der Waals surface area contributed by atoms with E-state index in [0.717, 1.165) is 4.90 Å². The minimum absolute atomic E-state index is 0.0893. The Morgan fingerprint density at radius 1 is 1.38 bits per heavy atom. The number of halogens is 3. The number of hydrogen-bond donors (Lipinski definition) is 1. The van der Waals surface area contributed by atoms with Crippen LogP contribution in [0.1, 0.15) is 26.7 Å². The van der Waals surface area contributed by atoms with Crippen molar-refractivity contribution >= 4 is 5.91 Å². The molecule has 1 unspecified atom stereocenters. The van der Waals surface area contributed by atoms with E-state index < -0.39 is 12.6 Å². The Labute approximate surface area is 93.8 Å². The number of alkyl halides is 3. The van der Waals surface area contributed by atoms with Crippen molar-refractivity contribution < 1.29 is 18.0 Å². The molecule has 0 aromatic carbocycles. The molecule has 0 aliphatic heterocycles. The summed E-state index contributed by atoms with van der Waals surface area (Å²) in [5, 5.41) is 0. The van der Waals surface area contributed by atoms with Crippen LogP contribution in [-0.2, 0) is 4.79 Å². The average Bonchev–Trinajstić information content (AvgIpc) is 2.12. The quantitative estimate of drug-likeness (QED) is 0.796. The van der Waals surface area contributed by atoms with Gasteiger partial charge in [0.25, 0.3) is 0 Å². The van der Waals surface area contributed by atoms with Gasteiger partial charge in [0.1, 0.15) is 0 Å². The van der Waals surface area contributed by atoms with E-state index in [9.17, 15) is 18.0 Å². The SMILES string of the molecule is CC(C)C(N)CC(=O)N(C)CCC(F)(F)F. The fourth-order valence-corrected chi connectivity index (χ4v) is 1.01. The molecule has 1 amide bonds. The molecule has 96 valence electrons. The van der Waals surface area contributed by atoms with E-state index in [4.69, 9.17) is 5.73 Å². The minimum atomic E-state index is -4.23. The molecule has 0 saturated heterocycles. The van der Waals surface area contributed by atoms with Gasteiger partial charge in [0.15, 0.2) is 0 Å². The number of nitrogens with two attached hydrogens (primary N) is 1. The number of nitrogens with zero attached hydrogens (tertiary/aromatic N) is 1. The maximum Gasteiger partial charge on any atom is 0.390 e. The summed E-state index contributed by atoms with van der Waals surface area (Å²) in [5.74, 6) is -0.203. The van der Waals surface area contributed by atoms with Crippen LogP contribution in [0.5, 0.6) is 0 Å². The van der Waals surface area contributed by atoms with Crippen LogP contribution in [0.25, 0.3) is 0 Å². The molecule has 6 heteroatoms. The van der Waals surface area contributed by atoms with Crippen molar-refractivity contribution in [3.8, 4) is 0 Å². The van der Waals surface area contributed by atoms with Crippen LogP contribution >= 0.6 is 0 Å². The van der Waals surface area contributed by atoms with Gasteiger partial charge in [0.05, 0.1) is 6.42 Å². The molecule has 2 N–H and O–H groups in total. The maximum absolute atomic E-state index is 11.9. The van der Waals surface area contributed by atoms with Crippen molar-refractivity contribution in [3.05, 3.63) is 0 Å². The molecule has 0 aliphatic rings. The van der Waals surface area contributed by atoms with Crippen molar-refractivity contribution in [2.24, 2.45) is 11.7 Å². The zero-order valence-electron chi connectivity index (χ0n) is 9.84. The number of carbonyl (C=O) groups is 1. The predicted octanol–water partition coefficient (Wildman–Crippen LogP) is 1.77. The van der Waals surface area contributed by atoms with E-state index in [2.05, 4.69) is 0 Å². The van der Waals surface area contributed by atoms with Crippen LogP contribution < -0.4 is 5.73 Å². The molecule has 0 heterocycles. The summed E-state index contributed by atoms with van der Waals surface area (Å²) < 4.78 is 35.7. The summed E-state index contributed by atoms with van der Waals surface area (Å²) in [4.78, 5) is 12.5. The molecule has 0 bridgehead atoms. The van der Waals surface area contributed by atoms with E-state index in [1.54, 1.807) is 0 Å². The molecular formula is C10H19F3N2O. The highest BCUT2D eigenvalue weighted by Gasteiger charge is 2.28. The first-order valence-electron chi connectivity index (χ1n) is 5.19. The summed E-state index contributed by atoms with van der Waals surface area (Å²) >= 11 is 0. The van der Waals surface area contributed by atoms with Gasteiger partial charge in [0, 0.05) is 26.1 Å². The average molecular weight is 240 g/mol. The van der Waals surface area contributed by atoms with E-state index in [0.29, 0.717) is 0 Å². The molecule has 0 radical (unpaired) electrons. The lowest BCUT2D eigenvalue weighted by atomic mass is 10.0. The Morgan fingerprint density at radius 3 is 2.25 bits per heavy atom. The van der Waals surface area contributed by atoms with Gasteiger partial charge in [-0.25, -0.2) is 0 Å². The van der Waals surface area contributed by atoms with E-state index in [-0.39, 0.29) is 30.8 Å². The van der Waals surface area contributed by atoms with Crippen LogP contribution in [-0.4, -0.2) is 36.6 Å². The fourth-order valence-electron chi connectivity index (χ4n) is 1.01. The zero-order valence-corrected chi connectivity index (χ0v) is 9.84. The second-order valence-electron chi connectivity index (χ2n) is 4.29. The Balaban J connectivity index is 4.00. The summed E-state index contributed by atoms with van der Waals surface area (Å²) in [7, 11) is 1.36. The van der Waals surface area contributed by atoms with Crippen LogP contribution in [0.15, 0.2) is 0 Å². The molecule has 16 heavy (non-hydrogen) atoms. The van der Waals surface area contributed by atoms with Crippen molar-refractivity contribution in [2.45, 2.75) is 38.9 Å². The lowest BCUT2D eigenvalue weighted by molar-refractivity contribution is -0.144. The highest BCUT2D eigenvalue weighted by molar-refractivity contribution is 5.76. The van der Waals surface area contributed by atoms with Crippen LogP contribution in [0.4, 0.5) is 13.2 Å². The topological polar surface area (TPSA) is 46.3 Å². The van der Waals surface area contributed by atoms with Gasteiger partial charge in [-0.15, -0.1) is 0 Å². The first-order chi connectivity index (χ1) is 7.13. The molecule has 0 aromatic rings. The van der Waals surface area contributed by atoms with E-state index in [1.807, 2.05) is 13.8 Å². The van der Waals surface area contributed by atoms with Crippen molar-refractivity contribution in [1.29, 1.82) is 0 Å². The van der Waals surface area contributed by atoms with Gasteiger partial charge in [-0.05, 0) is 5.92 Å². The van der Waals surface area contributed by atoms with Crippen LogP contribution in [0, 0.1) is 5.92 Å². The molecule has 1 atom stereocenters. The van der Waals surface area contributed by atoms with Gasteiger partial charge in [-0.2, -0.15) is 13.2 Å². The Hall–Kier alpha value is -0.780. The van der Waals surface area contributed by atoms with Crippen LogP contribution in [0.2, 0.25) is 0 Å². The monoisotopic (exact) mass is 240 g/mol. The van der Waals surface area contributed by atoms with Crippen molar-refractivity contribution in [2.75, 3.05) is 13.6 Å². The number of amides is 1. The molecule has 3 nitrogen and oxygen atoms in total. The third-order valence-corrected chi connectivity index (χ3v) is 2.42. The minimum Gasteiger partial charge on any atom is -0.345 e. The number of rotatable bonds is 5. The highest BCUT2D eigenvalue weighted by Crippen LogP contribution is 2.19. The molecular weight excluding hydrogens is 221 g/mol. The van der Waals surface area contributed by atoms with Gasteiger partial charge in [-0.3, -0.25) is 4.79 Å². The lowest BCUT2D eigenvalue weighted by Crippen LogP contribution is -2.37. The Bertz CT molecular complexity index is 229. The fraction of sp³-hybridized carbons (Fsp3) is 0.900. The summed E-state index contributed by atoms with van der Waals surface area (Å²) in [5.41, 5.74) is 5.67. The van der Waals surface area contributed by atoms with Crippen LogP contribution in [0.3, 0.4) is 0 Å². The third-order valence-electron chi connectivity index (χ3n) is 2.42. The van der Waals surface area contributed by atoms with Crippen molar-refractivity contribution in [3.63, 3.8) is 0 Å².